The van der Waals surface area contributed by atoms with Crippen LogP contribution in [0.2, 0.25) is 5.02 Å². The van der Waals surface area contributed by atoms with Crippen molar-refractivity contribution in [3.8, 4) is 11.5 Å². The van der Waals surface area contributed by atoms with Gasteiger partial charge in [-0.2, -0.15) is 0 Å². The Hall–Kier alpha value is -1.46. The molecule has 2 aromatic rings. The van der Waals surface area contributed by atoms with Crippen LogP contribution in [0.4, 0.5) is 11.5 Å². The minimum absolute atomic E-state index is 0.260. The highest BCUT2D eigenvalue weighted by Gasteiger charge is 2.13. The number of ether oxygens (including phenoxy) is 2. The van der Waals surface area contributed by atoms with E-state index in [0.29, 0.717) is 16.6 Å². The molecule has 0 atom stereocenters. The van der Waals surface area contributed by atoms with Crippen molar-refractivity contribution >= 4 is 39.0 Å². The van der Waals surface area contributed by atoms with Crippen LogP contribution in [0, 0.1) is 0 Å². The zero-order valence-corrected chi connectivity index (χ0v) is 11.5. The predicted octanol–water partition coefficient (Wildman–Crippen LogP) is 3.97. The molecular weight excluding hydrogens is 320 g/mol. The van der Waals surface area contributed by atoms with Gasteiger partial charge >= 0.3 is 0 Å². The fourth-order valence-electron chi connectivity index (χ4n) is 1.62. The average molecular weight is 328 g/mol. The van der Waals surface area contributed by atoms with Crippen LogP contribution in [0.15, 0.2) is 34.9 Å². The summed E-state index contributed by atoms with van der Waals surface area (Å²) < 4.78 is 11.4. The van der Waals surface area contributed by atoms with Gasteiger partial charge in [-0.25, -0.2) is 4.98 Å². The van der Waals surface area contributed by atoms with Crippen molar-refractivity contribution in [2.75, 3.05) is 12.1 Å². The van der Waals surface area contributed by atoms with Gasteiger partial charge in [0, 0.05) is 22.4 Å². The molecule has 1 aliphatic rings. The normalized spacial score (nSPS) is 12.6. The minimum atomic E-state index is 0.260. The van der Waals surface area contributed by atoms with E-state index in [-0.39, 0.29) is 6.79 Å². The maximum atomic E-state index is 6.09. The van der Waals surface area contributed by atoms with Gasteiger partial charge in [0.2, 0.25) is 6.79 Å². The number of benzene rings is 1. The molecule has 0 saturated carbocycles. The molecule has 0 fully saturated rings. The van der Waals surface area contributed by atoms with Crippen molar-refractivity contribution < 1.29 is 9.47 Å². The van der Waals surface area contributed by atoms with Crippen LogP contribution < -0.4 is 14.8 Å². The molecule has 2 heterocycles. The second-order valence-electron chi connectivity index (χ2n) is 3.68. The molecule has 1 aliphatic heterocycles. The van der Waals surface area contributed by atoms with E-state index in [9.17, 15) is 0 Å². The fourth-order valence-corrected chi connectivity index (χ4v) is 2.29. The Balaban J connectivity index is 1.88. The van der Waals surface area contributed by atoms with Crippen molar-refractivity contribution in [1.29, 1.82) is 0 Å². The first-order valence-corrected chi connectivity index (χ1v) is 6.37. The van der Waals surface area contributed by atoms with E-state index < -0.39 is 0 Å². The van der Waals surface area contributed by atoms with E-state index in [1.54, 1.807) is 12.3 Å². The molecule has 6 heteroatoms. The molecule has 0 unspecified atom stereocenters. The van der Waals surface area contributed by atoms with Crippen LogP contribution in [-0.4, -0.2) is 11.8 Å². The summed E-state index contributed by atoms with van der Waals surface area (Å²) in [6.45, 7) is 0.260. The lowest BCUT2D eigenvalue weighted by Crippen LogP contribution is -1.94. The Morgan fingerprint density at radius 1 is 1.22 bits per heavy atom. The van der Waals surface area contributed by atoms with Crippen LogP contribution >= 0.6 is 27.5 Å². The maximum Gasteiger partial charge on any atom is 0.231 e. The third-order valence-corrected chi connectivity index (χ3v) is 3.16. The van der Waals surface area contributed by atoms with Crippen LogP contribution in [-0.2, 0) is 0 Å². The maximum absolute atomic E-state index is 6.09. The second-order valence-corrected chi connectivity index (χ2v) is 5.00. The first-order chi connectivity index (χ1) is 8.72. The smallest absolute Gasteiger partial charge is 0.231 e. The Kier molecular flexibility index (Phi) is 3.01. The topological polar surface area (TPSA) is 43.4 Å². The molecule has 92 valence electrons. The number of nitrogens with one attached hydrogen (secondary N) is 1. The zero-order valence-electron chi connectivity index (χ0n) is 9.11. The van der Waals surface area contributed by atoms with Crippen LogP contribution in [0.3, 0.4) is 0 Å². The number of aromatic nitrogens is 1. The molecule has 0 saturated heterocycles. The third kappa shape index (κ3) is 2.23. The van der Waals surface area contributed by atoms with Crippen LogP contribution in [0.1, 0.15) is 0 Å². The molecule has 1 N–H and O–H groups in total. The number of anilines is 2. The number of hydrogen-bond donors (Lipinski definition) is 1. The molecule has 18 heavy (non-hydrogen) atoms. The van der Waals surface area contributed by atoms with E-state index in [2.05, 4.69) is 26.2 Å². The summed E-state index contributed by atoms with van der Waals surface area (Å²) in [7, 11) is 0. The van der Waals surface area contributed by atoms with Gasteiger partial charge in [-0.15, -0.1) is 0 Å². The lowest BCUT2D eigenvalue weighted by molar-refractivity contribution is 0.174. The van der Waals surface area contributed by atoms with Crippen molar-refractivity contribution in [2.45, 2.75) is 0 Å². The lowest BCUT2D eigenvalue weighted by atomic mass is 10.3. The summed E-state index contributed by atoms with van der Waals surface area (Å²) in [6.07, 6.45) is 1.68. The van der Waals surface area contributed by atoms with Gasteiger partial charge in [-0.1, -0.05) is 11.6 Å². The van der Waals surface area contributed by atoms with Gasteiger partial charge in [-0.05, 0) is 34.1 Å². The van der Waals surface area contributed by atoms with Crippen molar-refractivity contribution in [3.05, 3.63) is 40.0 Å². The Morgan fingerprint density at radius 3 is 2.89 bits per heavy atom. The summed E-state index contributed by atoms with van der Waals surface area (Å²) in [5.41, 5.74) is 0.843. The average Bonchev–Trinajstić information content (AvgIpc) is 2.80. The van der Waals surface area contributed by atoms with Gasteiger partial charge in [0.05, 0.1) is 5.02 Å². The highest BCUT2D eigenvalue weighted by Crippen LogP contribution is 2.35. The summed E-state index contributed by atoms with van der Waals surface area (Å²) in [5.74, 6) is 2.06. The lowest BCUT2D eigenvalue weighted by Gasteiger charge is -2.08. The number of halogens is 2. The number of nitrogens with zero attached hydrogens (tertiary/aromatic N) is 1. The van der Waals surface area contributed by atoms with E-state index in [4.69, 9.17) is 21.1 Å². The van der Waals surface area contributed by atoms with Gasteiger partial charge in [0.15, 0.2) is 11.5 Å². The number of pyridine rings is 1. The molecule has 0 spiro atoms. The molecule has 3 rings (SSSR count). The van der Waals surface area contributed by atoms with E-state index in [1.165, 1.54) is 0 Å². The van der Waals surface area contributed by atoms with Gasteiger partial charge < -0.3 is 14.8 Å². The first-order valence-electron chi connectivity index (χ1n) is 5.20. The van der Waals surface area contributed by atoms with Crippen molar-refractivity contribution in [2.24, 2.45) is 0 Å². The molecule has 1 aromatic heterocycles. The van der Waals surface area contributed by atoms with Gasteiger partial charge in [0.25, 0.3) is 0 Å². The minimum Gasteiger partial charge on any atom is -0.454 e. The Labute approximate surface area is 117 Å². The highest BCUT2D eigenvalue weighted by molar-refractivity contribution is 9.10. The van der Waals surface area contributed by atoms with E-state index >= 15 is 0 Å². The van der Waals surface area contributed by atoms with E-state index in [1.807, 2.05) is 18.2 Å². The number of rotatable bonds is 2. The van der Waals surface area contributed by atoms with Gasteiger partial charge in [0.1, 0.15) is 5.82 Å². The molecule has 0 aliphatic carbocycles. The summed E-state index contributed by atoms with van der Waals surface area (Å²) in [5, 5.41) is 3.67. The second kappa shape index (κ2) is 4.66. The quantitative estimate of drug-likeness (QED) is 0.906. The summed E-state index contributed by atoms with van der Waals surface area (Å²) in [4.78, 5) is 4.20. The van der Waals surface area contributed by atoms with Crippen molar-refractivity contribution in [1.82, 2.24) is 4.98 Å². The van der Waals surface area contributed by atoms with Crippen LogP contribution in [0.25, 0.3) is 0 Å². The Morgan fingerprint density at radius 2 is 2.06 bits per heavy atom. The molecule has 1 aromatic carbocycles. The fraction of sp³-hybridized carbons (Fsp3) is 0.0833. The SMILES string of the molecule is Clc1cc(Br)cnc1Nc1ccc2c(c1)OCO2. The molecule has 0 radical (unpaired) electrons. The summed E-state index contributed by atoms with van der Waals surface area (Å²) >= 11 is 9.40. The van der Waals surface area contributed by atoms with Gasteiger partial charge in [-0.3, -0.25) is 0 Å². The monoisotopic (exact) mass is 326 g/mol. The highest BCUT2D eigenvalue weighted by atomic mass is 79.9. The van der Waals surface area contributed by atoms with E-state index in [0.717, 1.165) is 15.9 Å². The molecule has 4 nitrogen and oxygen atoms in total. The first kappa shape index (κ1) is 11.6. The third-order valence-electron chi connectivity index (χ3n) is 2.44. The summed E-state index contributed by atoms with van der Waals surface area (Å²) in [6, 6.07) is 7.36. The number of fused-ring (bicyclic) bond motifs is 1. The molecule has 0 amide bonds. The predicted molar refractivity (Wildman–Crippen MR) is 72.8 cm³/mol. The zero-order chi connectivity index (χ0) is 12.5. The molecular formula is C12H8BrClN2O2. The van der Waals surface area contributed by atoms with Crippen molar-refractivity contribution in [3.63, 3.8) is 0 Å². The Bertz CT molecular complexity index is 607. The largest absolute Gasteiger partial charge is 0.454 e. The number of hydrogen-bond acceptors (Lipinski definition) is 4. The molecule has 0 bridgehead atoms. The van der Waals surface area contributed by atoms with Crippen LogP contribution in [0.5, 0.6) is 11.5 Å². The standard InChI is InChI=1S/C12H8BrClN2O2/c13-7-3-9(14)12(15-5-7)16-8-1-2-10-11(4-8)18-6-17-10/h1-5H,6H2,(H,15,16).